The van der Waals surface area contributed by atoms with E-state index in [0.717, 1.165) is 33.0 Å². The number of thiophene rings is 1. The van der Waals surface area contributed by atoms with E-state index < -0.39 is 0 Å². The second-order valence-corrected chi connectivity index (χ2v) is 10.2. The minimum absolute atomic E-state index is 0.0345. The fourth-order valence-corrected chi connectivity index (χ4v) is 5.77. The molecular weight excluding hydrogens is 482 g/mol. The lowest BCUT2D eigenvalue weighted by atomic mass is 10.2. The molecule has 182 valence electrons. The Morgan fingerprint density at radius 1 is 1.11 bits per heavy atom. The molecule has 0 saturated carbocycles. The zero-order valence-electron chi connectivity index (χ0n) is 19.5. The molecule has 1 saturated heterocycles. The van der Waals surface area contributed by atoms with Crippen molar-refractivity contribution in [3.8, 4) is 16.6 Å². The molecular formula is C25H27N5O3S2. The molecule has 1 aliphatic heterocycles. The van der Waals surface area contributed by atoms with Crippen molar-refractivity contribution >= 4 is 44.6 Å². The van der Waals surface area contributed by atoms with E-state index in [-0.39, 0.29) is 12.5 Å². The van der Waals surface area contributed by atoms with E-state index >= 15 is 0 Å². The molecule has 4 heterocycles. The van der Waals surface area contributed by atoms with Gasteiger partial charge in [-0.1, -0.05) is 37.3 Å². The molecule has 0 bridgehead atoms. The second kappa shape index (κ2) is 10.7. The van der Waals surface area contributed by atoms with Gasteiger partial charge in [-0.25, -0.2) is 4.98 Å². The van der Waals surface area contributed by atoms with Gasteiger partial charge in [-0.3, -0.25) is 4.79 Å². The lowest BCUT2D eigenvalue weighted by Gasteiger charge is -2.35. The summed E-state index contributed by atoms with van der Waals surface area (Å²) in [6.45, 7) is 5.08. The monoisotopic (exact) mass is 509 g/mol. The summed E-state index contributed by atoms with van der Waals surface area (Å²) >= 11 is 3.15. The predicted octanol–water partition coefficient (Wildman–Crippen LogP) is 4.10. The number of nitrogens with zero attached hydrogens (tertiary/aromatic N) is 5. The van der Waals surface area contributed by atoms with Gasteiger partial charge in [0.1, 0.15) is 21.3 Å². The molecule has 0 radical (unpaired) electrons. The van der Waals surface area contributed by atoms with Gasteiger partial charge in [0.05, 0.1) is 12.0 Å². The van der Waals surface area contributed by atoms with Gasteiger partial charge < -0.3 is 19.6 Å². The van der Waals surface area contributed by atoms with Crippen LogP contribution in [0.4, 0.5) is 5.82 Å². The zero-order chi connectivity index (χ0) is 24.2. The first kappa shape index (κ1) is 23.7. The summed E-state index contributed by atoms with van der Waals surface area (Å²) in [6, 6.07) is 12.4. The largest absolute Gasteiger partial charge is 0.463 e. The molecule has 0 aliphatic carbocycles. The molecule has 5 rings (SSSR count). The Morgan fingerprint density at radius 3 is 2.66 bits per heavy atom. The van der Waals surface area contributed by atoms with E-state index in [0.29, 0.717) is 50.9 Å². The molecule has 0 unspecified atom stereocenters. The first-order valence-electron chi connectivity index (χ1n) is 11.8. The van der Waals surface area contributed by atoms with Crippen molar-refractivity contribution in [3.63, 3.8) is 0 Å². The average molecular weight is 510 g/mol. The summed E-state index contributed by atoms with van der Waals surface area (Å²) < 4.78 is 5.71. The Bertz CT molecular complexity index is 1300. The van der Waals surface area contributed by atoms with Crippen LogP contribution >= 0.6 is 22.7 Å². The van der Waals surface area contributed by atoms with Crippen molar-refractivity contribution in [1.29, 1.82) is 0 Å². The number of amides is 1. The SMILES string of the molecule is CCc1cc2c(N3CCN(C(=O)c4csc(-c5ccccc5)n4)CC3)nc(OCCCO)nc2s1. The number of aliphatic hydroxyl groups excluding tert-OH is 1. The molecule has 0 spiro atoms. The number of aryl methyl sites for hydroxylation is 1. The number of benzene rings is 1. The smallest absolute Gasteiger partial charge is 0.319 e. The first-order chi connectivity index (χ1) is 17.2. The minimum atomic E-state index is -0.0345. The van der Waals surface area contributed by atoms with Crippen molar-refractivity contribution < 1.29 is 14.6 Å². The zero-order valence-corrected chi connectivity index (χ0v) is 21.1. The highest BCUT2D eigenvalue weighted by molar-refractivity contribution is 7.18. The van der Waals surface area contributed by atoms with Gasteiger partial charge in [-0.05, 0) is 12.5 Å². The van der Waals surface area contributed by atoms with Crippen LogP contribution in [-0.2, 0) is 6.42 Å². The van der Waals surface area contributed by atoms with Crippen molar-refractivity contribution in [1.82, 2.24) is 19.9 Å². The molecule has 1 fully saturated rings. The molecule has 10 heteroatoms. The van der Waals surface area contributed by atoms with Crippen molar-refractivity contribution in [2.45, 2.75) is 19.8 Å². The number of anilines is 1. The van der Waals surface area contributed by atoms with E-state index in [1.807, 2.05) is 40.6 Å². The van der Waals surface area contributed by atoms with Gasteiger partial charge in [0.15, 0.2) is 0 Å². The summed E-state index contributed by atoms with van der Waals surface area (Å²) in [5.74, 6) is 0.810. The summed E-state index contributed by atoms with van der Waals surface area (Å²) in [5, 5.41) is 12.8. The van der Waals surface area contributed by atoms with E-state index in [2.05, 4.69) is 27.9 Å². The van der Waals surface area contributed by atoms with Crippen molar-refractivity contribution in [2.24, 2.45) is 0 Å². The number of carbonyl (C=O) groups excluding carboxylic acids is 1. The number of rotatable bonds is 8. The Labute approximate surface area is 211 Å². The van der Waals surface area contributed by atoms with Crippen LogP contribution in [0, 0.1) is 0 Å². The van der Waals surface area contributed by atoms with Gasteiger partial charge in [0.2, 0.25) is 0 Å². The first-order valence-corrected chi connectivity index (χ1v) is 13.4. The Hall–Kier alpha value is -3.08. The van der Waals surface area contributed by atoms with Crippen LogP contribution in [0.2, 0.25) is 0 Å². The maximum Gasteiger partial charge on any atom is 0.319 e. The highest BCUT2D eigenvalue weighted by atomic mass is 32.1. The number of piperazine rings is 1. The third-order valence-electron chi connectivity index (χ3n) is 5.90. The number of hydrogen-bond donors (Lipinski definition) is 1. The third kappa shape index (κ3) is 5.14. The summed E-state index contributed by atoms with van der Waals surface area (Å²) in [6.07, 6.45) is 1.47. The maximum absolute atomic E-state index is 13.1. The van der Waals surface area contributed by atoms with Crippen LogP contribution in [-0.4, -0.2) is 70.3 Å². The van der Waals surface area contributed by atoms with Gasteiger partial charge in [0, 0.05) is 55.0 Å². The summed E-state index contributed by atoms with van der Waals surface area (Å²) in [7, 11) is 0. The van der Waals surface area contributed by atoms with Crippen LogP contribution in [0.3, 0.4) is 0 Å². The second-order valence-electron chi connectivity index (χ2n) is 8.22. The number of ether oxygens (including phenoxy) is 1. The van der Waals surface area contributed by atoms with E-state index in [1.54, 1.807) is 11.3 Å². The molecule has 8 nitrogen and oxygen atoms in total. The molecule has 3 aromatic heterocycles. The van der Waals surface area contributed by atoms with Gasteiger partial charge in [-0.15, -0.1) is 22.7 Å². The van der Waals surface area contributed by atoms with Crippen LogP contribution in [0.25, 0.3) is 20.8 Å². The van der Waals surface area contributed by atoms with Gasteiger partial charge in [-0.2, -0.15) is 9.97 Å². The number of aromatic nitrogens is 3. The maximum atomic E-state index is 13.1. The average Bonchev–Trinajstić information content (AvgIpc) is 3.56. The normalized spacial score (nSPS) is 14.0. The van der Waals surface area contributed by atoms with E-state index in [9.17, 15) is 4.79 Å². The lowest BCUT2D eigenvalue weighted by molar-refractivity contribution is 0.0741. The molecule has 1 aromatic carbocycles. The predicted molar refractivity (Wildman–Crippen MR) is 140 cm³/mol. The topological polar surface area (TPSA) is 91.7 Å². The Kier molecular flexibility index (Phi) is 7.21. The third-order valence-corrected chi connectivity index (χ3v) is 7.96. The quantitative estimate of drug-likeness (QED) is 0.358. The standard InChI is InChI=1S/C25H27N5O3S2/c1-2-18-15-19-21(27-25(28-23(19)35-18)33-14-6-13-31)29-9-11-30(12-10-29)24(32)20-16-34-22(26-20)17-7-4-3-5-8-17/h3-5,7-8,15-16,31H,2,6,9-14H2,1H3. The van der Waals surface area contributed by atoms with Gasteiger partial charge in [0.25, 0.3) is 5.91 Å². The Balaban J connectivity index is 1.31. The lowest BCUT2D eigenvalue weighted by Crippen LogP contribution is -2.49. The summed E-state index contributed by atoms with van der Waals surface area (Å²) in [5.41, 5.74) is 1.52. The number of carbonyl (C=O) groups is 1. The van der Waals surface area contributed by atoms with Crippen LogP contribution < -0.4 is 9.64 Å². The number of hydrogen-bond acceptors (Lipinski definition) is 9. The van der Waals surface area contributed by atoms with E-state index in [4.69, 9.17) is 14.8 Å². The highest BCUT2D eigenvalue weighted by Crippen LogP contribution is 2.33. The molecule has 4 aromatic rings. The molecule has 1 N–H and O–H groups in total. The number of fused-ring (bicyclic) bond motifs is 1. The molecule has 1 amide bonds. The molecule has 0 atom stereocenters. The van der Waals surface area contributed by atoms with Crippen molar-refractivity contribution in [3.05, 3.63) is 52.3 Å². The van der Waals surface area contributed by atoms with Crippen LogP contribution in [0.15, 0.2) is 41.8 Å². The summed E-state index contributed by atoms with van der Waals surface area (Å²) in [4.78, 5) is 33.2. The van der Waals surface area contributed by atoms with Gasteiger partial charge >= 0.3 is 6.01 Å². The highest BCUT2D eigenvalue weighted by Gasteiger charge is 2.26. The van der Waals surface area contributed by atoms with E-state index in [1.165, 1.54) is 16.2 Å². The molecule has 35 heavy (non-hydrogen) atoms. The number of aliphatic hydroxyl groups is 1. The minimum Gasteiger partial charge on any atom is -0.463 e. The van der Waals surface area contributed by atoms with Crippen LogP contribution in [0.1, 0.15) is 28.7 Å². The molecule has 1 aliphatic rings. The Morgan fingerprint density at radius 2 is 1.91 bits per heavy atom. The van der Waals surface area contributed by atoms with Crippen molar-refractivity contribution in [2.75, 3.05) is 44.3 Å². The number of thiazole rings is 1. The fraction of sp³-hybridized carbons (Fsp3) is 0.360. The van der Waals surface area contributed by atoms with Crippen LogP contribution in [0.5, 0.6) is 6.01 Å². The fourth-order valence-electron chi connectivity index (χ4n) is 4.01.